The molecule has 1 aromatic carbocycles. The molecule has 1 aliphatic carbocycles. The van der Waals surface area contributed by atoms with Crippen molar-refractivity contribution in [2.45, 2.75) is 38.1 Å². The average Bonchev–Trinajstić information content (AvgIpc) is 3.06. The van der Waals surface area contributed by atoms with Crippen molar-refractivity contribution in [3.63, 3.8) is 0 Å². The van der Waals surface area contributed by atoms with Gasteiger partial charge in [0.1, 0.15) is 17.8 Å². The van der Waals surface area contributed by atoms with Gasteiger partial charge in [0.15, 0.2) is 0 Å². The Bertz CT molecular complexity index is 628. The van der Waals surface area contributed by atoms with Gasteiger partial charge in [-0.05, 0) is 37.1 Å². The Labute approximate surface area is 130 Å². The lowest BCUT2D eigenvalue weighted by Gasteiger charge is -2.22. The van der Waals surface area contributed by atoms with Gasteiger partial charge in [0.2, 0.25) is 0 Å². The first-order valence-corrected chi connectivity index (χ1v) is 7.75. The van der Waals surface area contributed by atoms with Gasteiger partial charge in [-0.2, -0.15) is 0 Å². The summed E-state index contributed by atoms with van der Waals surface area (Å²) in [5, 5.41) is 3.08. The van der Waals surface area contributed by atoms with E-state index < -0.39 is 0 Å². The van der Waals surface area contributed by atoms with Crippen molar-refractivity contribution in [2.24, 2.45) is 0 Å². The fourth-order valence-corrected chi connectivity index (χ4v) is 2.84. The Morgan fingerprint density at radius 1 is 1.23 bits per heavy atom. The maximum absolute atomic E-state index is 12.3. The first kappa shape index (κ1) is 14.6. The highest BCUT2D eigenvalue weighted by Crippen LogP contribution is 2.18. The third kappa shape index (κ3) is 3.30. The number of amides is 1. The number of aromatic nitrogens is 2. The van der Waals surface area contributed by atoms with E-state index in [9.17, 15) is 4.79 Å². The van der Waals surface area contributed by atoms with E-state index in [1.165, 1.54) is 19.3 Å². The number of carbonyl (C=O) groups excluding carboxylic acids is 1. The molecule has 0 unspecified atom stereocenters. The van der Waals surface area contributed by atoms with Gasteiger partial charge >= 0.3 is 0 Å². The SMILES string of the molecule is COc1ccc(-n2cnc(C(=O)NC3CCCCC3)c2)cc1. The lowest BCUT2D eigenvalue weighted by atomic mass is 9.95. The normalized spacial score (nSPS) is 15.5. The summed E-state index contributed by atoms with van der Waals surface area (Å²) in [6.07, 6.45) is 9.25. The molecule has 0 aliphatic heterocycles. The fourth-order valence-electron chi connectivity index (χ4n) is 2.84. The molecule has 22 heavy (non-hydrogen) atoms. The van der Waals surface area contributed by atoms with Crippen LogP contribution in [-0.4, -0.2) is 28.6 Å². The molecule has 0 saturated heterocycles. The number of hydrogen-bond donors (Lipinski definition) is 1. The zero-order valence-electron chi connectivity index (χ0n) is 12.8. The number of nitrogens with zero attached hydrogens (tertiary/aromatic N) is 2. The summed E-state index contributed by atoms with van der Waals surface area (Å²) in [5.41, 5.74) is 1.41. The zero-order valence-corrected chi connectivity index (χ0v) is 12.8. The Hall–Kier alpha value is -2.30. The molecule has 1 saturated carbocycles. The molecule has 116 valence electrons. The van der Waals surface area contributed by atoms with E-state index in [1.807, 2.05) is 28.8 Å². The van der Waals surface area contributed by atoms with Gasteiger partial charge in [0, 0.05) is 17.9 Å². The number of methoxy groups -OCH3 is 1. The predicted octanol–water partition coefficient (Wildman–Crippen LogP) is 2.94. The van der Waals surface area contributed by atoms with Crippen molar-refractivity contribution in [1.29, 1.82) is 0 Å². The van der Waals surface area contributed by atoms with Gasteiger partial charge in [-0.3, -0.25) is 4.79 Å². The van der Waals surface area contributed by atoms with Crippen LogP contribution in [0.3, 0.4) is 0 Å². The Balaban J connectivity index is 1.68. The Morgan fingerprint density at radius 2 is 1.95 bits per heavy atom. The summed E-state index contributed by atoms with van der Waals surface area (Å²) in [5.74, 6) is 0.721. The van der Waals surface area contributed by atoms with E-state index in [0.717, 1.165) is 24.3 Å². The minimum atomic E-state index is -0.0841. The molecule has 0 spiro atoms. The molecule has 5 nitrogen and oxygen atoms in total. The summed E-state index contributed by atoms with van der Waals surface area (Å²) >= 11 is 0. The van der Waals surface area contributed by atoms with Crippen LogP contribution in [-0.2, 0) is 0 Å². The largest absolute Gasteiger partial charge is 0.497 e. The molecule has 1 amide bonds. The van der Waals surface area contributed by atoms with E-state index in [1.54, 1.807) is 19.6 Å². The van der Waals surface area contributed by atoms with Crippen LogP contribution in [0.4, 0.5) is 0 Å². The van der Waals surface area contributed by atoms with E-state index >= 15 is 0 Å². The van der Waals surface area contributed by atoms with E-state index in [-0.39, 0.29) is 5.91 Å². The third-order valence-electron chi connectivity index (χ3n) is 4.13. The van der Waals surface area contributed by atoms with Crippen LogP contribution >= 0.6 is 0 Å². The highest BCUT2D eigenvalue weighted by molar-refractivity contribution is 5.92. The summed E-state index contributed by atoms with van der Waals surface area (Å²) < 4.78 is 6.99. The van der Waals surface area contributed by atoms with Crippen LogP contribution in [0.25, 0.3) is 5.69 Å². The first-order valence-electron chi connectivity index (χ1n) is 7.75. The second-order valence-electron chi connectivity index (χ2n) is 5.67. The maximum Gasteiger partial charge on any atom is 0.271 e. The minimum absolute atomic E-state index is 0.0841. The molecule has 1 aromatic heterocycles. The van der Waals surface area contributed by atoms with Crippen molar-refractivity contribution in [2.75, 3.05) is 7.11 Å². The second kappa shape index (κ2) is 6.64. The van der Waals surface area contributed by atoms with Crippen LogP contribution < -0.4 is 10.1 Å². The van der Waals surface area contributed by atoms with Crippen LogP contribution in [0.2, 0.25) is 0 Å². The maximum atomic E-state index is 12.3. The fraction of sp³-hybridized carbons (Fsp3) is 0.412. The van der Waals surface area contributed by atoms with E-state index in [2.05, 4.69) is 10.3 Å². The molecule has 0 bridgehead atoms. The van der Waals surface area contributed by atoms with Crippen molar-refractivity contribution >= 4 is 5.91 Å². The topological polar surface area (TPSA) is 56.2 Å². The van der Waals surface area contributed by atoms with Crippen molar-refractivity contribution in [3.05, 3.63) is 42.5 Å². The molecule has 0 radical (unpaired) electrons. The highest BCUT2D eigenvalue weighted by atomic mass is 16.5. The molecular weight excluding hydrogens is 278 g/mol. The summed E-state index contributed by atoms with van der Waals surface area (Å²) in [6, 6.07) is 7.94. The van der Waals surface area contributed by atoms with Gasteiger partial charge in [-0.25, -0.2) is 4.98 Å². The quantitative estimate of drug-likeness (QED) is 0.944. The van der Waals surface area contributed by atoms with Gasteiger partial charge < -0.3 is 14.6 Å². The predicted molar refractivity (Wildman–Crippen MR) is 84.5 cm³/mol. The number of rotatable bonds is 4. The average molecular weight is 299 g/mol. The van der Waals surface area contributed by atoms with E-state index in [4.69, 9.17) is 4.74 Å². The molecule has 2 aromatic rings. The van der Waals surface area contributed by atoms with Crippen molar-refractivity contribution < 1.29 is 9.53 Å². The summed E-state index contributed by atoms with van der Waals surface area (Å²) in [4.78, 5) is 16.5. The number of ether oxygens (including phenoxy) is 1. The molecular formula is C17H21N3O2. The molecule has 5 heteroatoms. The minimum Gasteiger partial charge on any atom is -0.497 e. The molecule has 1 fully saturated rings. The monoisotopic (exact) mass is 299 g/mol. The number of imidazole rings is 1. The number of benzene rings is 1. The lowest BCUT2D eigenvalue weighted by Crippen LogP contribution is -2.36. The van der Waals surface area contributed by atoms with Crippen LogP contribution in [0.5, 0.6) is 5.75 Å². The highest BCUT2D eigenvalue weighted by Gasteiger charge is 2.18. The van der Waals surface area contributed by atoms with Gasteiger partial charge in [-0.15, -0.1) is 0 Å². The molecule has 1 N–H and O–H groups in total. The van der Waals surface area contributed by atoms with Crippen LogP contribution in [0, 0.1) is 0 Å². The van der Waals surface area contributed by atoms with Crippen molar-refractivity contribution in [3.8, 4) is 11.4 Å². The van der Waals surface area contributed by atoms with Gasteiger partial charge in [-0.1, -0.05) is 19.3 Å². The van der Waals surface area contributed by atoms with Crippen LogP contribution in [0.1, 0.15) is 42.6 Å². The van der Waals surface area contributed by atoms with Crippen LogP contribution in [0.15, 0.2) is 36.8 Å². The molecule has 1 heterocycles. The molecule has 0 atom stereocenters. The number of carbonyl (C=O) groups is 1. The second-order valence-corrected chi connectivity index (χ2v) is 5.67. The lowest BCUT2D eigenvalue weighted by molar-refractivity contribution is 0.0923. The zero-order chi connectivity index (χ0) is 15.4. The molecule has 1 aliphatic rings. The van der Waals surface area contributed by atoms with E-state index in [0.29, 0.717) is 11.7 Å². The first-order chi connectivity index (χ1) is 10.8. The Morgan fingerprint density at radius 3 is 2.64 bits per heavy atom. The summed E-state index contributed by atoms with van der Waals surface area (Å²) in [7, 11) is 1.64. The third-order valence-corrected chi connectivity index (χ3v) is 4.13. The van der Waals surface area contributed by atoms with Crippen molar-refractivity contribution in [1.82, 2.24) is 14.9 Å². The molecule has 3 rings (SSSR count). The van der Waals surface area contributed by atoms with Gasteiger partial charge in [0.05, 0.1) is 7.11 Å². The Kier molecular flexibility index (Phi) is 4.42. The summed E-state index contributed by atoms with van der Waals surface area (Å²) in [6.45, 7) is 0. The number of nitrogens with one attached hydrogen (secondary N) is 1. The smallest absolute Gasteiger partial charge is 0.271 e. The standard InChI is InChI=1S/C17H21N3O2/c1-22-15-9-7-14(8-10-15)20-11-16(18-12-20)17(21)19-13-5-3-2-4-6-13/h7-13H,2-6H2,1H3,(H,19,21). The van der Waals surface area contributed by atoms with Gasteiger partial charge in [0.25, 0.3) is 5.91 Å². The number of hydrogen-bond acceptors (Lipinski definition) is 3.